The Labute approximate surface area is 110 Å². The van der Waals surface area contributed by atoms with Crippen molar-refractivity contribution < 1.29 is 9.59 Å². The molecule has 1 N–H and O–H groups in total. The van der Waals surface area contributed by atoms with Crippen molar-refractivity contribution in [1.29, 1.82) is 0 Å². The van der Waals surface area contributed by atoms with E-state index in [2.05, 4.69) is 19.2 Å². The number of hydrogen-bond acceptors (Lipinski definition) is 3. The van der Waals surface area contributed by atoms with E-state index in [0.29, 0.717) is 12.5 Å². The molecule has 1 saturated heterocycles. The highest BCUT2D eigenvalue weighted by atomic mass is 16.2. The van der Waals surface area contributed by atoms with Crippen LogP contribution in [-0.4, -0.2) is 35.8 Å². The van der Waals surface area contributed by atoms with E-state index in [1.165, 1.54) is 4.90 Å². The van der Waals surface area contributed by atoms with Gasteiger partial charge in [0.1, 0.15) is 0 Å². The molecule has 4 atom stereocenters. The van der Waals surface area contributed by atoms with Gasteiger partial charge in [0.05, 0.1) is 0 Å². The highest BCUT2D eigenvalue weighted by Gasteiger charge is 2.43. The molecule has 0 aromatic rings. The monoisotopic (exact) mass is 254 g/mol. The third kappa shape index (κ3) is 2.91. The summed E-state index contributed by atoms with van der Waals surface area (Å²) in [5.74, 6) is 0.0857. The fraction of sp³-hybridized carbons (Fsp3) is 0.857. The summed E-state index contributed by atoms with van der Waals surface area (Å²) in [6.07, 6.45) is 1.04. The van der Waals surface area contributed by atoms with Gasteiger partial charge in [-0.15, -0.1) is 0 Å². The number of likely N-dealkylation sites (tertiary alicyclic amines) is 1. The molecule has 1 aliphatic rings. The first-order valence-electron chi connectivity index (χ1n) is 7.02. The number of imide groups is 1. The molecule has 2 amide bonds. The predicted molar refractivity (Wildman–Crippen MR) is 72.0 cm³/mol. The first-order chi connectivity index (χ1) is 8.43. The molecule has 0 saturated carbocycles. The highest BCUT2D eigenvalue weighted by molar-refractivity contribution is 6.04. The Hall–Kier alpha value is -0.900. The first kappa shape index (κ1) is 15.2. The molecular formula is C14H26N2O2. The maximum Gasteiger partial charge on any atom is 0.232 e. The van der Waals surface area contributed by atoms with Crippen molar-refractivity contribution in [3.05, 3.63) is 0 Å². The van der Waals surface area contributed by atoms with Gasteiger partial charge in [-0.1, -0.05) is 41.0 Å². The molecule has 0 aliphatic carbocycles. The minimum absolute atomic E-state index is 0.0151. The lowest BCUT2D eigenvalue weighted by Gasteiger charge is -2.28. The van der Waals surface area contributed by atoms with E-state index in [1.807, 2.05) is 20.8 Å². The summed E-state index contributed by atoms with van der Waals surface area (Å²) in [7, 11) is 0. The van der Waals surface area contributed by atoms with Gasteiger partial charge in [-0.2, -0.15) is 0 Å². The zero-order chi connectivity index (χ0) is 13.9. The van der Waals surface area contributed by atoms with E-state index in [1.54, 1.807) is 0 Å². The van der Waals surface area contributed by atoms with Crippen LogP contribution in [-0.2, 0) is 9.59 Å². The molecular weight excluding hydrogens is 228 g/mol. The van der Waals surface area contributed by atoms with Crippen LogP contribution in [0.5, 0.6) is 0 Å². The molecule has 1 fully saturated rings. The SMILES string of the molecule is CCNC(CN1C(=O)C(C)C(C)C1=O)C(C)CC. The second kappa shape index (κ2) is 6.32. The van der Waals surface area contributed by atoms with Gasteiger partial charge in [0.25, 0.3) is 0 Å². The molecule has 0 spiro atoms. The Morgan fingerprint density at radius 2 is 1.67 bits per heavy atom. The normalized spacial score (nSPS) is 27.7. The standard InChI is InChI=1S/C14H26N2O2/c1-6-9(3)12(15-7-2)8-16-13(17)10(4)11(5)14(16)18/h9-12,15H,6-8H2,1-5H3. The van der Waals surface area contributed by atoms with Crippen molar-refractivity contribution in [2.75, 3.05) is 13.1 Å². The van der Waals surface area contributed by atoms with Crippen LogP contribution in [0.4, 0.5) is 0 Å². The van der Waals surface area contributed by atoms with Gasteiger partial charge in [-0.25, -0.2) is 0 Å². The van der Waals surface area contributed by atoms with Gasteiger partial charge in [0.15, 0.2) is 0 Å². The molecule has 18 heavy (non-hydrogen) atoms. The van der Waals surface area contributed by atoms with E-state index in [4.69, 9.17) is 0 Å². The molecule has 0 aromatic carbocycles. The number of nitrogens with zero attached hydrogens (tertiary/aromatic N) is 1. The third-order valence-corrected chi connectivity index (χ3v) is 4.24. The largest absolute Gasteiger partial charge is 0.312 e. The number of hydrogen-bond donors (Lipinski definition) is 1. The molecule has 4 nitrogen and oxygen atoms in total. The Bertz CT molecular complexity index is 297. The first-order valence-corrected chi connectivity index (χ1v) is 7.02. The van der Waals surface area contributed by atoms with Crippen molar-refractivity contribution in [3.8, 4) is 0 Å². The summed E-state index contributed by atoms with van der Waals surface area (Å²) in [6, 6.07) is 0.199. The Morgan fingerprint density at radius 3 is 2.06 bits per heavy atom. The van der Waals surface area contributed by atoms with Gasteiger partial charge in [-0.05, 0) is 12.5 Å². The van der Waals surface area contributed by atoms with Crippen LogP contribution in [0.25, 0.3) is 0 Å². The number of likely N-dealkylation sites (N-methyl/N-ethyl adjacent to an activating group) is 1. The lowest BCUT2D eigenvalue weighted by molar-refractivity contribution is -0.140. The van der Waals surface area contributed by atoms with E-state index < -0.39 is 0 Å². The second-order valence-electron chi connectivity index (χ2n) is 5.41. The van der Waals surface area contributed by atoms with Crippen LogP contribution < -0.4 is 5.32 Å². The second-order valence-corrected chi connectivity index (χ2v) is 5.41. The zero-order valence-electron chi connectivity index (χ0n) is 12.2. The molecule has 1 aliphatic heterocycles. The topological polar surface area (TPSA) is 49.4 Å². The number of rotatable bonds is 6. The summed E-state index contributed by atoms with van der Waals surface area (Å²) in [6.45, 7) is 11.4. The smallest absolute Gasteiger partial charge is 0.232 e. The van der Waals surface area contributed by atoms with E-state index in [9.17, 15) is 9.59 Å². The van der Waals surface area contributed by atoms with Crippen LogP contribution in [0, 0.1) is 17.8 Å². The van der Waals surface area contributed by atoms with E-state index >= 15 is 0 Å². The molecule has 1 rings (SSSR count). The Morgan fingerprint density at radius 1 is 1.17 bits per heavy atom. The van der Waals surface area contributed by atoms with Crippen molar-refractivity contribution in [2.24, 2.45) is 17.8 Å². The minimum Gasteiger partial charge on any atom is -0.312 e. The number of carbonyl (C=O) groups excluding carboxylic acids is 2. The Kier molecular flexibility index (Phi) is 5.32. The number of amides is 2. The van der Waals surface area contributed by atoms with Crippen molar-refractivity contribution in [2.45, 2.75) is 47.1 Å². The average Bonchev–Trinajstić information content (AvgIpc) is 2.54. The van der Waals surface area contributed by atoms with Gasteiger partial charge >= 0.3 is 0 Å². The third-order valence-electron chi connectivity index (χ3n) is 4.24. The highest BCUT2D eigenvalue weighted by Crippen LogP contribution is 2.26. The zero-order valence-corrected chi connectivity index (χ0v) is 12.2. The van der Waals surface area contributed by atoms with E-state index in [0.717, 1.165) is 13.0 Å². The average molecular weight is 254 g/mol. The predicted octanol–water partition coefficient (Wildman–Crippen LogP) is 1.65. The molecule has 1 heterocycles. The summed E-state index contributed by atoms with van der Waals surface area (Å²) >= 11 is 0. The number of nitrogens with one attached hydrogen (secondary N) is 1. The maximum atomic E-state index is 12.1. The van der Waals surface area contributed by atoms with Crippen molar-refractivity contribution >= 4 is 11.8 Å². The van der Waals surface area contributed by atoms with Crippen LogP contribution in [0.3, 0.4) is 0 Å². The van der Waals surface area contributed by atoms with Gasteiger partial charge in [-0.3, -0.25) is 14.5 Å². The number of carbonyl (C=O) groups is 2. The fourth-order valence-corrected chi connectivity index (χ4v) is 2.40. The summed E-state index contributed by atoms with van der Waals surface area (Å²) in [5.41, 5.74) is 0. The fourth-order valence-electron chi connectivity index (χ4n) is 2.40. The van der Waals surface area contributed by atoms with Gasteiger partial charge in [0, 0.05) is 24.4 Å². The molecule has 4 unspecified atom stereocenters. The lowest BCUT2D eigenvalue weighted by Crippen LogP contribution is -2.47. The molecule has 0 aromatic heterocycles. The van der Waals surface area contributed by atoms with Gasteiger partial charge in [0.2, 0.25) is 11.8 Å². The molecule has 104 valence electrons. The van der Waals surface area contributed by atoms with Crippen LogP contribution in [0.15, 0.2) is 0 Å². The summed E-state index contributed by atoms with van der Waals surface area (Å²) < 4.78 is 0. The Balaban J connectivity index is 2.75. The van der Waals surface area contributed by atoms with Crippen LogP contribution in [0.2, 0.25) is 0 Å². The summed E-state index contributed by atoms with van der Waals surface area (Å²) in [4.78, 5) is 25.6. The molecule has 4 heteroatoms. The molecule has 0 radical (unpaired) electrons. The minimum atomic E-state index is -0.170. The molecule has 0 bridgehead atoms. The van der Waals surface area contributed by atoms with Crippen molar-refractivity contribution in [1.82, 2.24) is 10.2 Å². The maximum absolute atomic E-state index is 12.1. The van der Waals surface area contributed by atoms with E-state index in [-0.39, 0.29) is 29.7 Å². The van der Waals surface area contributed by atoms with Crippen LogP contribution >= 0.6 is 0 Å². The van der Waals surface area contributed by atoms with Crippen LogP contribution in [0.1, 0.15) is 41.0 Å². The lowest BCUT2D eigenvalue weighted by atomic mass is 9.98. The quantitative estimate of drug-likeness (QED) is 0.733. The van der Waals surface area contributed by atoms with Gasteiger partial charge < -0.3 is 5.32 Å². The van der Waals surface area contributed by atoms with Crippen molar-refractivity contribution in [3.63, 3.8) is 0 Å². The summed E-state index contributed by atoms with van der Waals surface area (Å²) in [5, 5.41) is 3.38.